The standard InChI is InChI=1S/C22H24N4O3S2/c1-14-7-8-17(13-19(14)31(28,29)26-18-9-11-23-12-10-18)20-15(2)24-22(30-20)25-21(27)16-5-3-4-6-16/h7-13,16H,3-6H2,1-2H3,(H,23,26)(H,24,25,27). The van der Waals surface area contributed by atoms with E-state index in [9.17, 15) is 13.2 Å². The molecule has 2 aromatic heterocycles. The minimum absolute atomic E-state index is 0.0199. The highest BCUT2D eigenvalue weighted by Gasteiger charge is 2.24. The molecule has 0 radical (unpaired) electrons. The first kappa shape index (κ1) is 21.5. The van der Waals surface area contributed by atoms with Crippen molar-refractivity contribution in [2.24, 2.45) is 5.92 Å². The number of thiazole rings is 1. The number of carbonyl (C=O) groups excluding carboxylic acids is 1. The lowest BCUT2D eigenvalue weighted by molar-refractivity contribution is -0.119. The highest BCUT2D eigenvalue weighted by atomic mass is 32.2. The van der Waals surface area contributed by atoms with Crippen molar-refractivity contribution in [2.75, 3.05) is 10.0 Å². The number of aromatic nitrogens is 2. The maximum Gasteiger partial charge on any atom is 0.262 e. The van der Waals surface area contributed by atoms with Crippen molar-refractivity contribution in [3.8, 4) is 10.4 Å². The Hall–Kier alpha value is -2.78. The molecule has 162 valence electrons. The molecule has 4 rings (SSSR count). The van der Waals surface area contributed by atoms with Crippen LogP contribution in [-0.2, 0) is 14.8 Å². The predicted octanol–water partition coefficient (Wildman–Crippen LogP) is 4.75. The summed E-state index contributed by atoms with van der Waals surface area (Å²) in [5.41, 5.74) is 2.59. The number of anilines is 2. The number of sulfonamides is 1. The van der Waals surface area contributed by atoms with Gasteiger partial charge < -0.3 is 5.32 Å². The second-order valence-corrected chi connectivity index (χ2v) is 10.4. The number of amides is 1. The van der Waals surface area contributed by atoms with Gasteiger partial charge in [-0.05, 0) is 56.0 Å². The van der Waals surface area contributed by atoms with E-state index in [1.54, 1.807) is 31.2 Å². The summed E-state index contributed by atoms with van der Waals surface area (Å²) in [6, 6.07) is 8.52. The second kappa shape index (κ2) is 8.76. The van der Waals surface area contributed by atoms with Crippen molar-refractivity contribution >= 4 is 38.1 Å². The quantitative estimate of drug-likeness (QED) is 0.557. The molecule has 0 aliphatic heterocycles. The molecule has 7 nitrogen and oxygen atoms in total. The van der Waals surface area contributed by atoms with Crippen molar-refractivity contribution in [3.63, 3.8) is 0 Å². The molecule has 1 aliphatic rings. The molecule has 0 saturated heterocycles. The van der Waals surface area contributed by atoms with Crippen molar-refractivity contribution in [2.45, 2.75) is 44.4 Å². The number of hydrogen-bond donors (Lipinski definition) is 2. The van der Waals surface area contributed by atoms with Gasteiger partial charge in [0.25, 0.3) is 10.0 Å². The van der Waals surface area contributed by atoms with Crippen LogP contribution < -0.4 is 10.0 Å². The molecule has 1 aliphatic carbocycles. The Morgan fingerprint density at radius 3 is 2.52 bits per heavy atom. The van der Waals surface area contributed by atoms with Gasteiger partial charge in [-0.2, -0.15) is 0 Å². The molecule has 2 N–H and O–H groups in total. The van der Waals surface area contributed by atoms with Crippen LogP contribution in [0.5, 0.6) is 0 Å². The van der Waals surface area contributed by atoms with Crippen molar-refractivity contribution in [3.05, 3.63) is 54.0 Å². The van der Waals surface area contributed by atoms with Crippen molar-refractivity contribution < 1.29 is 13.2 Å². The van der Waals surface area contributed by atoms with E-state index < -0.39 is 10.0 Å². The lowest BCUT2D eigenvalue weighted by atomic mass is 10.1. The van der Waals surface area contributed by atoms with Crippen LogP contribution >= 0.6 is 11.3 Å². The summed E-state index contributed by atoms with van der Waals surface area (Å²) in [4.78, 5) is 21.9. The molecule has 1 saturated carbocycles. The van der Waals surface area contributed by atoms with Crippen LogP contribution in [0.2, 0.25) is 0 Å². The fourth-order valence-corrected chi connectivity index (χ4v) is 6.07. The summed E-state index contributed by atoms with van der Waals surface area (Å²) in [5, 5.41) is 3.48. The zero-order valence-electron chi connectivity index (χ0n) is 17.4. The third-order valence-corrected chi connectivity index (χ3v) is 8.07. The fraction of sp³-hybridized carbons (Fsp3) is 0.318. The first-order valence-electron chi connectivity index (χ1n) is 10.2. The Morgan fingerprint density at radius 1 is 1.10 bits per heavy atom. The Balaban J connectivity index is 1.61. The predicted molar refractivity (Wildman–Crippen MR) is 123 cm³/mol. The van der Waals surface area contributed by atoms with Crippen LogP contribution in [0.3, 0.4) is 0 Å². The summed E-state index contributed by atoms with van der Waals surface area (Å²) in [6.45, 7) is 3.62. The van der Waals surface area contributed by atoms with E-state index in [1.807, 2.05) is 13.0 Å². The number of hydrogen-bond acceptors (Lipinski definition) is 6. The first-order chi connectivity index (χ1) is 14.8. The molecular weight excluding hydrogens is 432 g/mol. The van der Waals surface area contributed by atoms with Crippen LogP contribution in [0.4, 0.5) is 10.8 Å². The van der Waals surface area contributed by atoms with E-state index >= 15 is 0 Å². The number of rotatable bonds is 6. The van der Waals surface area contributed by atoms with Crippen molar-refractivity contribution in [1.29, 1.82) is 0 Å². The van der Waals surface area contributed by atoms with Gasteiger partial charge in [-0.15, -0.1) is 0 Å². The van der Waals surface area contributed by atoms with Gasteiger partial charge in [0.2, 0.25) is 5.91 Å². The number of nitrogens with one attached hydrogen (secondary N) is 2. The molecular formula is C22H24N4O3S2. The number of carbonyl (C=O) groups is 1. The average Bonchev–Trinajstić information content (AvgIpc) is 3.39. The zero-order valence-corrected chi connectivity index (χ0v) is 19.0. The zero-order chi connectivity index (χ0) is 22.0. The van der Waals surface area contributed by atoms with Gasteiger partial charge in [0.15, 0.2) is 5.13 Å². The van der Waals surface area contributed by atoms with Crippen LogP contribution in [0.15, 0.2) is 47.6 Å². The van der Waals surface area contributed by atoms with Gasteiger partial charge in [0.1, 0.15) is 0 Å². The maximum absolute atomic E-state index is 13.0. The largest absolute Gasteiger partial charge is 0.302 e. The SMILES string of the molecule is Cc1ccc(-c2sc(NC(=O)C3CCCC3)nc2C)cc1S(=O)(=O)Nc1ccncc1. The molecule has 0 spiro atoms. The summed E-state index contributed by atoms with van der Waals surface area (Å²) in [7, 11) is -3.77. The minimum Gasteiger partial charge on any atom is -0.302 e. The minimum atomic E-state index is -3.77. The van der Waals surface area contributed by atoms with Gasteiger partial charge in [-0.3, -0.25) is 14.5 Å². The lowest BCUT2D eigenvalue weighted by Gasteiger charge is -2.11. The molecule has 1 aromatic carbocycles. The number of aryl methyl sites for hydroxylation is 2. The monoisotopic (exact) mass is 456 g/mol. The fourth-order valence-electron chi connectivity index (χ4n) is 3.77. The van der Waals surface area contributed by atoms with E-state index in [-0.39, 0.29) is 16.7 Å². The molecule has 0 bridgehead atoms. The Labute approximate surface area is 186 Å². The van der Waals surface area contributed by atoms with Gasteiger partial charge >= 0.3 is 0 Å². The summed E-state index contributed by atoms with van der Waals surface area (Å²) < 4.78 is 28.6. The van der Waals surface area contributed by atoms with Crippen LogP contribution in [0.25, 0.3) is 10.4 Å². The molecule has 1 fully saturated rings. The maximum atomic E-state index is 13.0. The van der Waals surface area contributed by atoms with Crippen LogP contribution in [0.1, 0.15) is 36.9 Å². The normalized spacial score (nSPS) is 14.5. The van der Waals surface area contributed by atoms with Crippen molar-refractivity contribution in [1.82, 2.24) is 9.97 Å². The molecule has 0 atom stereocenters. The van der Waals surface area contributed by atoms with Gasteiger partial charge in [-0.1, -0.05) is 36.3 Å². The van der Waals surface area contributed by atoms with E-state index in [0.717, 1.165) is 41.8 Å². The van der Waals surface area contributed by atoms with Crippen LogP contribution in [0, 0.1) is 19.8 Å². The summed E-state index contributed by atoms with van der Waals surface area (Å²) >= 11 is 1.36. The molecule has 3 aromatic rings. The molecule has 2 heterocycles. The number of pyridine rings is 1. The molecule has 0 unspecified atom stereocenters. The molecule has 31 heavy (non-hydrogen) atoms. The Morgan fingerprint density at radius 2 is 1.81 bits per heavy atom. The van der Waals surface area contributed by atoms with Gasteiger partial charge in [0.05, 0.1) is 21.2 Å². The Bertz CT molecular complexity index is 1200. The topological polar surface area (TPSA) is 101 Å². The first-order valence-corrected chi connectivity index (χ1v) is 12.5. The van der Waals surface area contributed by atoms with Crippen LogP contribution in [-0.4, -0.2) is 24.3 Å². The third-order valence-electron chi connectivity index (χ3n) is 5.43. The van der Waals surface area contributed by atoms with E-state index in [4.69, 9.17) is 0 Å². The molecule has 9 heteroatoms. The third kappa shape index (κ3) is 4.77. The smallest absolute Gasteiger partial charge is 0.262 e. The number of nitrogens with zero attached hydrogens (tertiary/aromatic N) is 2. The Kier molecular flexibility index (Phi) is 6.06. The highest BCUT2D eigenvalue weighted by molar-refractivity contribution is 7.92. The average molecular weight is 457 g/mol. The summed E-state index contributed by atoms with van der Waals surface area (Å²) in [6.07, 6.45) is 7.09. The van der Waals surface area contributed by atoms with E-state index in [2.05, 4.69) is 20.0 Å². The van der Waals surface area contributed by atoms with Gasteiger partial charge in [-0.25, -0.2) is 13.4 Å². The van der Waals surface area contributed by atoms with E-state index in [1.165, 1.54) is 23.7 Å². The molecule has 1 amide bonds. The van der Waals surface area contributed by atoms with Gasteiger partial charge in [0, 0.05) is 18.3 Å². The highest BCUT2D eigenvalue weighted by Crippen LogP contribution is 2.35. The number of benzene rings is 1. The second-order valence-electron chi connectivity index (χ2n) is 7.73. The lowest BCUT2D eigenvalue weighted by Crippen LogP contribution is -2.20. The van der Waals surface area contributed by atoms with E-state index in [0.29, 0.717) is 16.4 Å². The summed E-state index contributed by atoms with van der Waals surface area (Å²) in [5.74, 6) is 0.0783.